The molecule has 0 saturated heterocycles. The van der Waals surface area contributed by atoms with Gasteiger partial charge in [-0.2, -0.15) is 11.8 Å². The molecule has 1 rings (SSSR count). The van der Waals surface area contributed by atoms with Crippen LogP contribution in [0.2, 0.25) is 0 Å². The lowest BCUT2D eigenvalue weighted by Gasteiger charge is -2.09. The number of aromatic nitrogens is 1. The van der Waals surface area contributed by atoms with Crippen molar-refractivity contribution in [1.29, 1.82) is 0 Å². The maximum absolute atomic E-state index is 9.62. The van der Waals surface area contributed by atoms with E-state index in [-0.39, 0.29) is 6.10 Å². The maximum atomic E-state index is 9.62. The monoisotopic (exact) mass is 217 g/mol. The molecule has 0 bridgehead atoms. The Morgan fingerprint density at radius 2 is 2.38 bits per heavy atom. The second-order valence-corrected chi connectivity index (χ2v) is 5.75. The van der Waals surface area contributed by atoms with Crippen LogP contribution < -0.4 is 0 Å². The molecule has 1 N–H and O–H groups in total. The van der Waals surface area contributed by atoms with Crippen LogP contribution in [0.3, 0.4) is 0 Å². The van der Waals surface area contributed by atoms with Crippen molar-refractivity contribution in [3.63, 3.8) is 0 Å². The van der Waals surface area contributed by atoms with E-state index in [0.29, 0.717) is 11.7 Å². The summed E-state index contributed by atoms with van der Waals surface area (Å²) in [5.74, 6) is 0.803. The van der Waals surface area contributed by atoms with Crippen molar-refractivity contribution in [3.05, 3.63) is 16.6 Å². The highest BCUT2D eigenvalue weighted by Gasteiger charge is 2.08. The molecule has 0 aromatic carbocycles. The van der Waals surface area contributed by atoms with Crippen LogP contribution in [0.15, 0.2) is 11.6 Å². The molecule has 0 radical (unpaired) electrons. The predicted octanol–water partition coefficient (Wildman–Crippen LogP) is 2.19. The molecular weight excluding hydrogens is 202 g/mol. The number of rotatable bonds is 5. The second-order valence-electron chi connectivity index (χ2n) is 3.17. The largest absolute Gasteiger partial charge is 0.392 e. The quantitative estimate of drug-likeness (QED) is 0.820. The molecule has 1 aromatic heterocycles. The lowest BCUT2D eigenvalue weighted by molar-refractivity contribution is 0.200. The molecule has 13 heavy (non-hydrogen) atoms. The molecule has 0 aliphatic heterocycles. The van der Waals surface area contributed by atoms with E-state index >= 15 is 0 Å². The van der Waals surface area contributed by atoms with E-state index < -0.39 is 0 Å². The van der Waals surface area contributed by atoms with E-state index in [0.717, 1.165) is 10.8 Å². The lowest BCUT2D eigenvalue weighted by atomic mass is 10.3. The molecule has 1 unspecified atom stereocenters. The van der Waals surface area contributed by atoms with E-state index in [2.05, 4.69) is 18.8 Å². The highest BCUT2D eigenvalue weighted by Crippen LogP contribution is 2.14. The molecule has 74 valence electrons. The van der Waals surface area contributed by atoms with Gasteiger partial charge in [-0.15, -0.1) is 11.3 Å². The van der Waals surface area contributed by atoms with Crippen LogP contribution >= 0.6 is 23.1 Å². The SMILES string of the molecule is CC(C)SCC(O)Cc1nccs1. The third kappa shape index (κ3) is 4.64. The fourth-order valence-electron chi connectivity index (χ4n) is 0.918. The highest BCUT2D eigenvalue weighted by atomic mass is 32.2. The maximum Gasteiger partial charge on any atom is 0.0950 e. The second kappa shape index (κ2) is 5.62. The Labute approximate surface area is 87.4 Å². The fraction of sp³-hybridized carbons (Fsp3) is 0.667. The van der Waals surface area contributed by atoms with E-state index in [9.17, 15) is 5.11 Å². The zero-order valence-corrected chi connectivity index (χ0v) is 9.57. The molecule has 4 heteroatoms. The Bertz CT molecular complexity index is 224. The number of thioether (sulfide) groups is 1. The Morgan fingerprint density at radius 1 is 1.62 bits per heavy atom. The zero-order valence-electron chi connectivity index (χ0n) is 7.93. The van der Waals surface area contributed by atoms with Crippen LogP contribution in [-0.4, -0.2) is 27.2 Å². The summed E-state index contributed by atoms with van der Waals surface area (Å²) in [6.07, 6.45) is 2.22. The number of nitrogens with zero attached hydrogens (tertiary/aromatic N) is 1. The molecule has 1 atom stereocenters. The van der Waals surface area contributed by atoms with Crippen LogP contribution in [0, 0.1) is 0 Å². The summed E-state index contributed by atoms with van der Waals surface area (Å²) < 4.78 is 0. The summed E-state index contributed by atoms with van der Waals surface area (Å²) in [5.41, 5.74) is 0. The fourth-order valence-corrected chi connectivity index (χ4v) is 2.33. The average Bonchev–Trinajstić information content (AvgIpc) is 2.53. The van der Waals surface area contributed by atoms with Gasteiger partial charge < -0.3 is 5.11 Å². The van der Waals surface area contributed by atoms with Crippen molar-refractivity contribution < 1.29 is 5.11 Å². The van der Waals surface area contributed by atoms with Crippen molar-refractivity contribution in [2.75, 3.05) is 5.75 Å². The summed E-state index contributed by atoms with van der Waals surface area (Å²) in [4.78, 5) is 4.13. The third-order valence-corrected chi connectivity index (χ3v) is 3.56. The van der Waals surface area contributed by atoms with E-state index in [4.69, 9.17) is 0 Å². The average molecular weight is 217 g/mol. The van der Waals surface area contributed by atoms with Crippen LogP contribution in [0.25, 0.3) is 0 Å². The third-order valence-electron chi connectivity index (χ3n) is 1.52. The Kier molecular flexibility index (Phi) is 4.77. The summed E-state index contributed by atoms with van der Waals surface area (Å²) in [7, 11) is 0. The Morgan fingerprint density at radius 3 is 2.92 bits per heavy atom. The van der Waals surface area contributed by atoms with Crippen LogP contribution in [0.4, 0.5) is 0 Å². The van der Waals surface area contributed by atoms with Gasteiger partial charge in [-0.3, -0.25) is 0 Å². The van der Waals surface area contributed by atoms with Gasteiger partial charge in [-0.05, 0) is 5.25 Å². The van der Waals surface area contributed by atoms with Crippen LogP contribution in [0.5, 0.6) is 0 Å². The molecule has 0 aliphatic carbocycles. The first kappa shape index (κ1) is 11.0. The van der Waals surface area contributed by atoms with Gasteiger partial charge in [0.05, 0.1) is 11.1 Å². The van der Waals surface area contributed by atoms with Gasteiger partial charge in [0.25, 0.3) is 0 Å². The van der Waals surface area contributed by atoms with Gasteiger partial charge in [0.2, 0.25) is 0 Å². The minimum absolute atomic E-state index is 0.251. The van der Waals surface area contributed by atoms with Gasteiger partial charge in [0.1, 0.15) is 0 Å². The molecule has 1 aromatic rings. The van der Waals surface area contributed by atoms with Gasteiger partial charge in [0.15, 0.2) is 0 Å². The van der Waals surface area contributed by atoms with Crippen LogP contribution in [0.1, 0.15) is 18.9 Å². The number of aliphatic hydroxyl groups excluding tert-OH is 1. The lowest BCUT2D eigenvalue weighted by Crippen LogP contribution is -2.14. The first-order chi connectivity index (χ1) is 6.18. The van der Waals surface area contributed by atoms with Crippen LogP contribution in [-0.2, 0) is 6.42 Å². The van der Waals surface area contributed by atoms with E-state index in [1.807, 2.05) is 5.38 Å². The normalized spacial score (nSPS) is 13.5. The summed E-state index contributed by atoms with van der Waals surface area (Å²) in [5, 5.41) is 13.2. The van der Waals surface area contributed by atoms with Gasteiger partial charge >= 0.3 is 0 Å². The minimum Gasteiger partial charge on any atom is -0.392 e. The molecule has 0 aliphatic rings. The standard InChI is InChI=1S/C9H15NOS2/c1-7(2)13-6-8(11)5-9-10-3-4-12-9/h3-4,7-8,11H,5-6H2,1-2H3. The number of thiazole rings is 1. The first-order valence-corrected chi connectivity index (χ1v) is 6.29. The van der Waals surface area contributed by atoms with E-state index in [1.54, 1.807) is 29.3 Å². The van der Waals surface area contributed by atoms with Crippen molar-refractivity contribution in [2.45, 2.75) is 31.6 Å². The van der Waals surface area contributed by atoms with Crippen molar-refractivity contribution >= 4 is 23.1 Å². The summed E-state index contributed by atoms with van der Waals surface area (Å²) in [6, 6.07) is 0. The van der Waals surface area contributed by atoms with Gasteiger partial charge in [0, 0.05) is 23.8 Å². The molecule has 0 spiro atoms. The zero-order chi connectivity index (χ0) is 9.68. The topological polar surface area (TPSA) is 33.1 Å². The first-order valence-electron chi connectivity index (χ1n) is 4.36. The molecule has 2 nitrogen and oxygen atoms in total. The molecular formula is C9H15NOS2. The number of hydrogen-bond donors (Lipinski definition) is 1. The smallest absolute Gasteiger partial charge is 0.0950 e. The molecule has 1 heterocycles. The van der Waals surface area contributed by atoms with Gasteiger partial charge in [-0.25, -0.2) is 4.98 Å². The highest BCUT2D eigenvalue weighted by molar-refractivity contribution is 7.99. The Hall–Kier alpha value is -0.0600. The summed E-state index contributed by atoms with van der Waals surface area (Å²) >= 11 is 3.39. The molecule has 0 amide bonds. The number of hydrogen-bond acceptors (Lipinski definition) is 4. The predicted molar refractivity (Wildman–Crippen MR) is 59.4 cm³/mol. The van der Waals surface area contributed by atoms with Gasteiger partial charge in [-0.1, -0.05) is 13.8 Å². The molecule has 0 fully saturated rings. The summed E-state index contributed by atoms with van der Waals surface area (Å²) in [6.45, 7) is 4.28. The number of aliphatic hydroxyl groups is 1. The minimum atomic E-state index is -0.251. The van der Waals surface area contributed by atoms with E-state index in [1.165, 1.54) is 0 Å². The van der Waals surface area contributed by atoms with Crippen molar-refractivity contribution in [1.82, 2.24) is 4.98 Å². The van der Waals surface area contributed by atoms with Crippen molar-refractivity contribution in [2.24, 2.45) is 0 Å². The Balaban J connectivity index is 2.22. The molecule has 0 saturated carbocycles. The van der Waals surface area contributed by atoms with Crippen molar-refractivity contribution in [3.8, 4) is 0 Å².